The molecule has 0 spiro atoms. The molecule has 0 bridgehead atoms. The van der Waals surface area contributed by atoms with Gasteiger partial charge in [-0.3, -0.25) is 0 Å². The lowest BCUT2D eigenvalue weighted by Crippen LogP contribution is -2.33. The predicted molar refractivity (Wildman–Crippen MR) is 78.9 cm³/mol. The van der Waals surface area contributed by atoms with Crippen LogP contribution < -0.4 is 5.73 Å². The van der Waals surface area contributed by atoms with Crippen LogP contribution in [-0.4, -0.2) is 6.04 Å². The molecule has 0 aliphatic heterocycles. The maximum Gasteiger partial charge on any atom is 0.145 e. The van der Waals surface area contributed by atoms with E-state index in [0.717, 1.165) is 0 Å². The molecular weight excluding hydrogens is 261 g/mol. The maximum atomic E-state index is 13.9. The molecule has 106 valence electrons. The van der Waals surface area contributed by atoms with E-state index in [1.54, 1.807) is 18.2 Å². The number of rotatable bonds is 3. The smallest absolute Gasteiger partial charge is 0.145 e. The molecule has 0 amide bonds. The highest BCUT2D eigenvalue weighted by atomic mass is 35.5. The van der Waals surface area contributed by atoms with E-state index >= 15 is 0 Å². The second-order valence-corrected chi connectivity index (χ2v) is 6.09. The van der Waals surface area contributed by atoms with Gasteiger partial charge in [0, 0.05) is 6.04 Å². The van der Waals surface area contributed by atoms with E-state index in [9.17, 15) is 4.39 Å². The van der Waals surface area contributed by atoms with Crippen molar-refractivity contribution in [3.05, 3.63) is 34.6 Å². The maximum absolute atomic E-state index is 13.9. The topological polar surface area (TPSA) is 26.0 Å². The predicted octanol–water partition coefficient (Wildman–Crippen LogP) is 4.71. The second kappa shape index (κ2) is 7.25. The second-order valence-electron chi connectivity index (χ2n) is 5.69. The van der Waals surface area contributed by atoms with Crippen LogP contribution in [0.3, 0.4) is 0 Å². The van der Waals surface area contributed by atoms with Gasteiger partial charge in [-0.05, 0) is 36.8 Å². The van der Waals surface area contributed by atoms with Crippen molar-refractivity contribution in [2.45, 2.75) is 57.4 Å². The zero-order chi connectivity index (χ0) is 13.7. The molecule has 1 fully saturated rings. The number of hydrogen-bond acceptors (Lipinski definition) is 1. The Kier molecular flexibility index (Phi) is 5.65. The van der Waals surface area contributed by atoms with Crippen LogP contribution in [0.25, 0.3) is 0 Å². The van der Waals surface area contributed by atoms with Crippen molar-refractivity contribution in [3.8, 4) is 0 Å². The van der Waals surface area contributed by atoms with Crippen molar-refractivity contribution in [2.24, 2.45) is 11.7 Å². The molecule has 1 saturated carbocycles. The Bertz CT molecular complexity index is 400. The Hall–Kier alpha value is -0.600. The minimum absolute atomic E-state index is 0.0473. The fourth-order valence-electron chi connectivity index (χ4n) is 3.04. The van der Waals surface area contributed by atoms with Crippen LogP contribution in [-0.2, 0) is 6.42 Å². The summed E-state index contributed by atoms with van der Waals surface area (Å²) in [6.07, 6.45) is 9.46. The summed E-state index contributed by atoms with van der Waals surface area (Å²) in [6, 6.07) is 5.23. The van der Waals surface area contributed by atoms with Crippen molar-refractivity contribution in [2.75, 3.05) is 0 Å². The number of benzene rings is 1. The zero-order valence-electron chi connectivity index (χ0n) is 11.4. The van der Waals surface area contributed by atoms with Gasteiger partial charge in [0.25, 0.3) is 0 Å². The highest BCUT2D eigenvalue weighted by Crippen LogP contribution is 2.27. The van der Waals surface area contributed by atoms with E-state index in [1.165, 1.54) is 44.9 Å². The lowest BCUT2D eigenvalue weighted by atomic mass is 9.84. The summed E-state index contributed by atoms with van der Waals surface area (Å²) in [6.45, 7) is 0. The first-order chi connectivity index (χ1) is 9.18. The zero-order valence-corrected chi connectivity index (χ0v) is 12.1. The minimum Gasteiger partial charge on any atom is -0.327 e. The molecule has 1 aromatic carbocycles. The van der Waals surface area contributed by atoms with E-state index in [1.807, 2.05) is 0 Å². The third-order valence-corrected chi connectivity index (χ3v) is 4.53. The van der Waals surface area contributed by atoms with Crippen LogP contribution in [0.5, 0.6) is 0 Å². The standard InChI is InChI=1S/C16H23ClFN/c17-14-10-6-9-13(16(14)18)11-15(19)12-7-4-2-1-3-5-8-12/h6,9-10,12,15H,1-5,7-8,11,19H2. The van der Waals surface area contributed by atoms with Gasteiger partial charge in [-0.1, -0.05) is 55.8 Å². The van der Waals surface area contributed by atoms with Gasteiger partial charge in [0.2, 0.25) is 0 Å². The van der Waals surface area contributed by atoms with Gasteiger partial charge in [0.15, 0.2) is 0 Å². The average molecular weight is 284 g/mol. The number of nitrogens with two attached hydrogens (primary N) is 1. The summed E-state index contributed by atoms with van der Waals surface area (Å²) in [5.74, 6) is 0.226. The summed E-state index contributed by atoms with van der Waals surface area (Å²) in [7, 11) is 0. The van der Waals surface area contributed by atoms with E-state index in [2.05, 4.69) is 0 Å². The normalized spacial score (nSPS) is 19.7. The molecule has 3 heteroatoms. The molecule has 19 heavy (non-hydrogen) atoms. The molecule has 0 saturated heterocycles. The Morgan fingerprint density at radius 2 is 1.79 bits per heavy atom. The van der Waals surface area contributed by atoms with Crippen LogP contribution in [0.2, 0.25) is 5.02 Å². The molecule has 1 unspecified atom stereocenters. The first-order valence-electron chi connectivity index (χ1n) is 7.37. The van der Waals surface area contributed by atoms with Gasteiger partial charge >= 0.3 is 0 Å². The Labute approximate surface area is 120 Å². The Balaban J connectivity index is 1.98. The molecule has 1 aliphatic rings. The SMILES string of the molecule is NC(Cc1cccc(Cl)c1F)C1CCCCCCC1. The van der Waals surface area contributed by atoms with Gasteiger partial charge in [-0.2, -0.15) is 0 Å². The first kappa shape index (κ1) is 14.8. The van der Waals surface area contributed by atoms with Gasteiger partial charge in [-0.15, -0.1) is 0 Å². The van der Waals surface area contributed by atoms with Crippen molar-refractivity contribution in [1.82, 2.24) is 0 Å². The highest BCUT2D eigenvalue weighted by Gasteiger charge is 2.20. The van der Waals surface area contributed by atoms with Crippen LogP contribution in [0.1, 0.15) is 50.5 Å². The first-order valence-corrected chi connectivity index (χ1v) is 7.74. The minimum atomic E-state index is -0.300. The summed E-state index contributed by atoms with van der Waals surface area (Å²) in [5, 5.41) is 0.197. The third kappa shape index (κ3) is 4.19. The highest BCUT2D eigenvalue weighted by molar-refractivity contribution is 6.30. The molecule has 2 N–H and O–H groups in total. The fourth-order valence-corrected chi connectivity index (χ4v) is 3.24. The Morgan fingerprint density at radius 3 is 2.47 bits per heavy atom. The van der Waals surface area contributed by atoms with E-state index in [-0.39, 0.29) is 16.9 Å². The summed E-state index contributed by atoms with van der Waals surface area (Å²) in [5.41, 5.74) is 6.96. The molecule has 2 rings (SSSR count). The average Bonchev–Trinajstić information content (AvgIpc) is 2.34. The van der Waals surface area contributed by atoms with Gasteiger partial charge in [-0.25, -0.2) is 4.39 Å². The summed E-state index contributed by atoms with van der Waals surface area (Å²) >= 11 is 5.81. The Morgan fingerprint density at radius 1 is 1.16 bits per heavy atom. The molecule has 0 heterocycles. The van der Waals surface area contributed by atoms with Crippen LogP contribution in [0, 0.1) is 11.7 Å². The molecular formula is C16H23ClFN. The van der Waals surface area contributed by atoms with Gasteiger partial charge in [0.05, 0.1) is 5.02 Å². The van der Waals surface area contributed by atoms with Crippen molar-refractivity contribution in [1.29, 1.82) is 0 Å². The van der Waals surface area contributed by atoms with E-state index in [0.29, 0.717) is 17.9 Å². The molecule has 1 atom stereocenters. The molecule has 1 nitrogen and oxygen atoms in total. The third-order valence-electron chi connectivity index (χ3n) is 4.24. The monoisotopic (exact) mass is 283 g/mol. The largest absolute Gasteiger partial charge is 0.327 e. The van der Waals surface area contributed by atoms with E-state index < -0.39 is 0 Å². The van der Waals surface area contributed by atoms with Crippen molar-refractivity contribution >= 4 is 11.6 Å². The van der Waals surface area contributed by atoms with Crippen molar-refractivity contribution in [3.63, 3.8) is 0 Å². The van der Waals surface area contributed by atoms with E-state index in [4.69, 9.17) is 17.3 Å². The summed E-state index contributed by atoms with van der Waals surface area (Å²) < 4.78 is 13.9. The lowest BCUT2D eigenvalue weighted by Gasteiger charge is -2.26. The summed E-state index contributed by atoms with van der Waals surface area (Å²) in [4.78, 5) is 0. The van der Waals surface area contributed by atoms with Crippen molar-refractivity contribution < 1.29 is 4.39 Å². The van der Waals surface area contributed by atoms with Gasteiger partial charge in [0.1, 0.15) is 5.82 Å². The number of hydrogen-bond donors (Lipinski definition) is 1. The molecule has 0 aromatic heterocycles. The van der Waals surface area contributed by atoms with Crippen LogP contribution in [0.15, 0.2) is 18.2 Å². The van der Waals surface area contributed by atoms with Gasteiger partial charge < -0.3 is 5.73 Å². The molecule has 1 aromatic rings. The molecule has 0 radical (unpaired) electrons. The quantitative estimate of drug-likeness (QED) is 0.854. The fraction of sp³-hybridized carbons (Fsp3) is 0.625. The lowest BCUT2D eigenvalue weighted by molar-refractivity contribution is 0.320. The van der Waals surface area contributed by atoms with Crippen LogP contribution in [0.4, 0.5) is 4.39 Å². The molecule has 1 aliphatic carbocycles. The number of halogens is 2. The van der Waals surface area contributed by atoms with Crippen LogP contribution >= 0.6 is 11.6 Å².